The van der Waals surface area contributed by atoms with E-state index < -0.39 is 0 Å². The largest absolute Gasteiger partial charge is 0.331 e. The fourth-order valence-electron chi connectivity index (χ4n) is 3.22. The van der Waals surface area contributed by atoms with Gasteiger partial charge in [-0.25, -0.2) is 14.2 Å². The van der Waals surface area contributed by atoms with Gasteiger partial charge in [-0.3, -0.25) is 4.79 Å². The molecular weight excluding hydrogens is 379 g/mol. The van der Waals surface area contributed by atoms with Gasteiger partial charge in [-0.1, -0.05) is 12.1 Å². The first kappa shape index (κ1) is 20.3. The van der Waals surface area contributed by atoms with Gasteiger partial charge in [-0.05, 0) is 37.0 Å². The van der Waals surface area contributed by atoms with Crippen molar-refractivity contribution < 1.29 is 14.0 Å². The molecule has 1 aromatic carbocycles. The highest BCUT2D eigenvalue weighted by Gasteiger charge is 2.28. The molecule has 0 radical (unpaired) electrons. The maximum absolute atomic E-state index is 13.7. The normalized spacial score (nSPS) is 14.8. The van der Waals surface area contributed by atoms with E-state index in [0.29, 0.717) is 43.0 Å². The summed E-state index contributed by atoms with van der Waals surface area (Å²) in [6, 6.07) is 5.19. The Kier molecular flexibility index (Phi) is 6.28. The zero-order chi connectivity index (χ0) is 20.3. The first-order valence-corrected chi connectivity index (χ1v) is 10.1. The molecule has 2 heterocycles. The van der Waals surface area contributed by atoms with Crippen LogP contribution in [0.3, 0.4) is 0 Å². The highest BCUT2D eigenvalue weighted by molar-refractivity contribution is 7.15. The van der Waals surface area contributed by atoms with E-state index in [0.717, 1.165) is 10.4 Å². The summed E-state index contributed by atoms with van der Waals surface area (Å²) in [4.78, 5) is 33.1. The molecule has 150 valence electrons. The van der Waals surface area contributed by atoms with E-state index in [9.17, 15) is 14.0 Å². The fraction of sp³-hybridized carbons (Fsp3) is 0.450. The van der Waals surface area contributed by atoms with Crippen LogP contribution in [0.4, 0.5) is 14.3 Å². The Hall–Kier alpha value is -2.48. The molecule has 6 nitrogen and oxygen atoms in total. The summed E-state index contributed by atoms with van der Waals surface area (Å²) in [5.74, 6) is -0.390. The number of piperidine rings is 1. The van der Waals surface area contributed by atoms with Gasteiger partial charge in [0.25, 0.3) is 0 Å². The Morgan fingerprint density at radius 2 is 2.04 bits per heavy atom. The van der Waals surface area contributed by atoms with Crippen molar-refractivity contribution in [3.8, 4) is 0 Å². The SMILES string of the molecule is Cc1ccc(Cc2cnc(NC(=O)C3CCN(C(=O)N(C)C)CC3)s2)cc1F. The molecule has 1 saturated heterocycles. The van der Waals surface area contributed by atoms with Crippen molar-refractivity contribution in [2.75, 3.05) is 32.5 Å². The van der Waals surface area contributed by atoms with Crippen LogP contribution in [-0.4, -0.2) is 53.9 Å². The topological polar surface area (TPSA) is 65.5 Å². The van der Waals surface area contributed by atoms with Gasteiger partial charge < -0.3 is 15.1 Å². The van der Waals surface area contributed by atoms with Crippen LogP contribution in [0.25, 0.3) is 0 Å². The number of urea groups is 1. The third kappa shape index (κ3) is 4.86. The number of carbonyl (C=O) groups excluding carboxylic acids is 2. The molecule has 0 atom stereocenters. The first-order valence-electron chi connectivity index (χ1n) is 9.30. The second-order valence-electron chi connectivity index (χ2n) is 7.32. The number of nitrogens with zero attached hydrogens (tertiary/aromatic N) is 3. The van der Waals surface area contributed by atoms with E-state index in [1.165, 1.54) is 17.4 Å². The number of rotatable bonds is 4. The van der Waals surface area contributed by atoms with E-state index >= 15 is 0 Å². The van der Waals surface area contributed by atoms with Crippen LogP contribution in [0.2, 0.25) is 0 Å². The van der Waals surface area contributed by atoms with Crippen LogP contribution in [-0.2, 0) is 11.2 Å². The number of thiazole rings is 1. The van der Waals surface area contributed by atoms with Crippen LogP contribution in [0.15, 0.2) is 24.4 Å². The molecule has 1 aliphatic heterocycles. The summed E-state index contributed by atoms with van der Waals surface area (Å²) in [7, 11) is 3.46. The molecule has 1 fully saturated rings. The summed E-state index contributed by atoms with van der Waals surface area (Å²) in [6.45, 7) is 2.90. The number of anilines is 1. The Morgan fingerprint density at radius 3 is 2.68 bits per heavy atom. The van der Waals surface area contributed by atoms with Gasteiger partial charge in [0.15, 0.2) is 5.13 Å². The molecule has 1 aliphatic rings. The van der Waals surface area contributed by atoms with E-state index in [-0.39, 0.29) is 23.7 Å². The Labute approximate surface area is 168 Å². The maximum Gasteiger partial charge on any atom is 0.319 e. The number of amides is 3. The molecule has 3 rings (SSSR count). The van der Waals surface area contributed by atoms with Crippen molar-refractivity contribution in [2.45, 2.75) is 26.2 Å². The minimum absolute atomic E-state index is 0.0176. The van der Waals surface area contributed by atoms with E-state index in [1.54, 1.807) is 43.1 Å². The van der Waals surface area contributed by atoms with Gasteiger partial charge >= 0.3 is 6.03 Å². The lowest BCUT2D eigenvalue weighted by molar-refractivity contribution is -0.121. The molecule has 2 aromatic rings. The number of aryl methyl sites for hydroxylation is 1. The summed E-state index contributed by atoms with van der Waals surface area (Å²) in [6.07, 6.45) is 3.59. The number of hydrogen-bond acceptors (Lipinski definition) is 4. The summed E-state index contributed by atoms with van der Waals surface area (Å²) in [5, 5.41) is 3.44. The predicted octanol–water partition coefficient (Wildman–Crippen LogP) is 3.51. The summed E-state index contributed by atoms with van der Waals surface area (Å²) >= 11 is 1.40. The summed E-state index contributed by atoms with van der Waals surface area (Å²) < 4.78 is 13.7. The second-order valence-corrected chi connectivity index (χ2v) is 8.43. The molecule has 3 amide bonds. The maximum atomic E-state index is 13.7. The molecule has 0 saturated carbocycles. The van der Waals surface area contributed by atoms with Crippen molar-refractivity contribution in [2.24, 2.45) is 5.92 Å². The fourth-order valence-corrected chi connectivity index (χ4v) is 4.07. The monoisotopic (exact) mass is 404 g/mol. The van der Waals surface area contributed by atoms with Crippen molar-refractivity contribution in [1.29, 1.82) is 0 Å². The smallest absolute Gasteiger partial charge is 0.319 e. The molecule has 0 unspecified atom stereocenters. The van der Waals surface area contributed by atoms with E-state index in [1.807, 2.05) is 6.07 Å². The lowest BCUT2D eigenvalue weighted by Gasteiger charge is -2.32. The lowest BCUT2D eigenvalue weighted by Crippen LogP contribution is -2.45. The van der Waals surface area contributed by atoms with E-state index in [4.69, 9.17) is 0 Å². The molecule has 1 aromatic heterocycles. The van der Waals surface area contributed by atoms with Crippen molar-refractivity contribution in [3.05, 3.63) is 46.2 Å². The molecule has 1 N–H and O–H groups in total. The molecule has 8 heteroatoms. The van der Waals surface area contributed by atoms with Gasteiger partial charge in [-0.15, -0.1) is 11.3 Å². The third-order valence-electron chi connectivity index (χ3n) is 4.92. The number of carbonyl (C=O) groups is 2. The van der Waals surface area contributed by atoms with Crippen LogP contribution >= 0.6 is 11.3 Å². The highest BCUT2D eigenvalue weighted by Crippen LogP contribution is 2.24. The van der Waals surface area contributed by atoms with Gasteiger partial charge in [0, 0.05) is 50.6 Å². The minimum Gasteiger partial charge on any atom is -0.331 e. The predicted molar refractivity (Wildman–Crippen MR) is 108 cm³/mol. The van der Waals surface area contributed by atoms with Gasteiger partial charge in [0.1, 0.15) is 5.82 Å². The minimum atomic E-state index is -0.213. The molecule has 28 heavy (non-hydrogen) atoms. The van der Waals surface area contributed by atoms with Crippen LogP contribution in [0, 0.1) is 18.7 Å². The molecule has 0 aliphatic carbocycles. The average Bonchev–Trinajstić information content (AvgIpc) is 3.11. The van der Waals surface area contributed by atoms with E-state index in [2.05, 4.69) is 10.3 Å². The highest BCUT2D eigenvalue weighted by atomic mass is 32.1. The number of nitrogens with one attached hydrogen (secondary N) is 1. The van der Waals surface area contributed by atoms with Crippen molar-refractivity contribution in [3.63, 3.8) is 0 Å². The quantitative estimate of drug-likeness (QED) is 0.848. The number of likely N-dealkylation sites (tertiary alicyclic amines) is 1. The van der Waals surface area contributed by atoms with Gasteiger partial charge in [-0.2, -0.15) is 0 Å². The van der Waals surface area contributed by atoms with Crippen LogP contribution < -0.4 is 5.32 Å². The Balaban J connectivity index is 1.53. The first-order chi connectivity index (χ1) is 13.3. The average molecular weight is 405 g/mol. The zero-order valence-corrected chi connectivity index (χ0v) is 17.2. The Bertz CT molecular complexity index is 860. The third-order valence-corrected chi connectivity index (χ3v) is 5.83. The van der Waals surface area contributed by atoms with Crippen LogP contribution in [0.5, 0.6) is 0 Å². The number of halogens is 1. The molecule has 0 spiro atoms. The molecule has 0 bridgehead atoms. The Morgan fingerprint density at radius 1 is 1.32 bits per heavy atom. The number of benzene rings is 1. The summed E-state index contributed by atoms with van der Waals surface area (Å²) in [5.41, 5.74) is 1.50. The van der Waals surface area contributed by atoms with Crippen molar-refractivity contribution >= 4 is 28.4 Å². The zero-order valence-electron chi connectivity index (χ0n) is 16.4. The van der Waals surface area contributed by atoms with Crippen LogP contribution in [0.1, 0.15) is 28.8 Å². The number of hydrogen-bond donors (Lipinski definition) is 1. The standard InChI is InChI=1S/C20H25FN4O2S/c1-13-4-5-14(11-17(13)21)10-16-12-22-19(28-16)23-18(26)15-6-8-25(9-7-15)20(27)24(2)3/h4-5,11-12,15H,6-10H2,1-3H3,(H,22,23,26). The lowest BCUT2D eigenvalue weighted by atomic mass is 9.96. The van der Waals surface area contributed by atoms with Crippen molar-refractivity contribution in [1.82, 2.24) is 14.8 Å². The van der Waals surface area contributed by atoms with Gasteiger partial charge in [0.2, 0.25) is 5.91 Å². The van der Waals surface area contributed by atoms with Gasteiger partial charge in [0.05, 0.1) is 0 Å². The molecular formula is C20H25FN4O2S. The second kappa shape index (κ2) is 8.68. The number of aromatic nitrogens is 1.